The molecule has 0 aliphatic heterocycles. The summed E-state index contributed by atoms with van der Waals surface area (Å²) in [6.45, 7) is 2.84. The average Bonchev–Trinajstić information content (AvgIpc) is 3.02. The van der Waals surface area contributed by atoms with E-state index in [-0.39, 0.29) is 17.9 Å². The molecule has 4 rings (SSSR count). The van der Waals surface area contributed by atoms with Gasteiger partial charge in [0.2, 0.25) is 5.91 Å². The summed E-state index contributed by atoms with van der Waals surface area (Å²) in [5.74, 6) is 0.638. The first-order chi connectivity index (χ1) is 13.6. The molecule has 1 fully saturated rings. The van der Waals surface area contributed by atoms with E-state index in [0.717, 1.165) is 24.0 Å². The molecule has 1 heterocycles. The number of carbonyl (C=O) groups is 1. The summed E-state index contributed by atoms with van der Waals surface area (Å²) in [5.41, 5.74) is 3.45. The lowest BCUT2D eigenvalue weighted by Gasteiger charge is -2.42. The number of aromatic nitrogens is 3. The summed E-state index contributed by atoms with van der Waals surface area (Å²) in [4.78, 5) is 12.7. The maximum absolute atomic E-state index is 12.7. The number of amides is 1. The zero-order valence-electron chi connectivity index (χ0n) is 15.9. The van der Waals surface area contributed by atoms with Crippen LogP contribution in [0.5, 0.6) is 0 Å². The average molecular weight is 393 g/mol. The summed E-state index contributed by atoms with van der Waals surface area (Å²) in [5, 5.41) is 10.3. The largest absolute Gasteiger partial charge is 0.354 e. The van der Waals surface area contributed by atoms with Gasteiger partial charge in [0.1, 0.15) is 6.54 Å². The van der Waals surface area contributed by atoms with Crippen LogP contribution in [-0.4, -0.2) is 27.2 Å². The molecule has 0 atom stereocenters. The van der Waals surface area contributed by atoms with Crippen molar-refractivity contribution in [1.29, 1.82) is 0 Å². The van der Waals surface area contributed by atoms with E-state index in [9.17, 15) is 4.79 Å². The predicted molar refractivity (Wildman–Crippen MR) is 113 cm³/mol. The van der Waals surface area contributed by atoms with Gasteiger partial charge >= 0.3 is 0 Å². The molecule has 1 saturated carbocycles. The monoisotopic (exact) mass is 392 g/mol. The van der Waals surface area contributed by atoms with Crippen molar-refractivity contribution in [1.82, 2.24) is 20.1 Å². The Hall–Kier alpha value is -2.73. The molecule has 0 unspecified atom stereocenters. The third-order valence-electron chi connectivity index (χ3n) is 5.66. The molecule has 28 heavy (non-hydrogen) atoms. The second-order valence-electron chi connectivity index (χ2n) is 7.58. The number of hydrogen-bond donors (Lipinski definition) is 2. The highest BCUT2D eigenvalue weighted by Gasteiger charge is 2.38. The van der Waals surface area contributed by atoms with Gasteiger partial charge in [0.15, 0.2) is 10.6 Å². The number of aryl methyl sites for hydroxylation is 1. The molecule has 2 N–H and O–H groups in total. The minimum atomic E-state index is -0.0476. The van der Waals surface area contributed by atoms with Crippen LogP contribution in [-0.2, 0) is 16.8 Å². The number of nitrogens with one attached hydrogen (secondary N) is 2. The van der Waals surface area contributed by atoms with Crippen molar-refractivity contribution in [3.05, 3.63) is 70.5 Å². The molecule has 0 radical (unpaired) electrons. The topological polar surface area (TPSA) is 62.7 Å². The van der Waals surface area contributed by atoms with Gasteiger partial charge in [-0.1, -0.05) is 60.5 Å². The number of nitrogens with zero attached hydrogens (tertiary/aromatic N) is 2. The zero-order chi connectivity index (χ0) is 19.6. The van der Waals surface area contributed by atoms with Crippen LogP contribution < -0.4 is 5.32 Å². The lowest BCUT2D eigenvalue weighted by Crippen LogP contribution is -2.46. The van der Waals surface area contributed by atoms with Crippen molar-refractivity contribution < 1.29 is 4.79 Å². The Morgan fingerprint density at radius 1 is 1.21 bits per heavy atom. The summed E-state index contributed by atoms with van der Waals surface area (Å²) in [7, 11) is 0. The normalized spacial score (nSPS) is 15.0. The van der Waals surface area contributed by atoms with Crippen molar-refractivity contribution in [3.63, 3.8) is 0 Å². The van der Waals surface area contributed by atoms with E-state index >= 15 is 0 Å². The van der Waals surface area contributed by atoms with Crippen molar-refractivity contribution in [2.75, 3.05) is 6.54 Å². The van der Waals surface area contributed by atoms with E-state index in [1.165, 1.54) is 12.0 Å². The Morgan fingerprint density at radius 3 is 2.68 bits per heavy atom. The van der Waals surface area contributed by atoms with Gasteiger partial charge in [-0.3, -0.25) is 14.5 Å². The molecule has 5 nitrogen and oxygen atoms in total. The summed E-state index contributed by atoms with van der Waals surface area (Å²) < 4.78 is 2.21. The van der Waals surface area contributed by atoms with Gasteiger partial charge in [-0.05, 0) is 43.6 Å². The van der Waals surface area contributed by atoms with E-state index in [1.807, 2.05) is 37.3 Å². The molecule has 6 heteroatoms. The Kier molecular flexibility index (Phi) is 5.13. The van der Waals surface area contributed by atoms with Crippen molar-refractivity contribution >= 4 is 18.1 Å². The molecule has 1 amide bonds. The standard InChI is InChI=1S/C22H24N4OS/c1-16-7-5-8-17(13-16)20-24-25-21(28)26(20)14-19(27)23-15-22(11-6-12-22)18-9-3-2-4-10-18/h2-5,7-10,13H,6,11-12,14-15H2,1H3,(H,23,27)(H,25,28). The highest BCUT2D eigenvalue weighted by Crippen LogP contribution is 2.43. The maximum atomic E-state index is 12.7. The summed E-state index contributed by atoms with van der Waals surface area (Å²) in [6.07, 6.45) is 3.42. The summed E-state index contributed by atoms with van der Waals surface area (Å²) >= 11 is 5.36. The number of H-pyrrole nitrogens is 1. The SMILES string of the molecule is Cc1cccc(-c2n[nH]c(=S)n2CC(=O)NCC2(c3ccccc3)CCC2)c1. The lowest BCUT2D eigenvalue weighted by atomic mass is 9.64. The quantitative estimate of drug-likeness (QED) is 0.620. The molecule has 1 aromatic heterocycles. The minimum Gasteiger partial charge on any atom is -0.354 e. The number of hydrogen-bond acceptors (Lipinski definition) is 3. The fourth-order valence-corrected chi connectivity index (χ4v) is 4.10. The minimum absolute atomic E-state index is 0.0476. The van der Waals surface area contributed by atoms with E-state index in [4.69, 9.17) is 12.2 Å². The molecule has 0 bridgehead atoms. The Balaban J connectivity index is 1.48. The van der Waals surface area contributed by atoms with Gasteiger partial charge in [0.05, 0.1) is 0 Å². The molecule has 144 valence electrons. The molecular formula is C22H24N4OS. The third-order valence-corrected chi connectivity index (χ3v) is 5.97. The van der Waals surface area contributed by atoms with Gasteiger partial charge in [-0.25, -0.2) is 0 Å². The Labute approximate surface area is 169 Å². The Morgan fingerprint density at radius 2 is 2.00 bits per heavy atom. The second-order valence-corrected chi connectivity index (χ2v) is 7.97. The first-order valence-corrected chi connectivity index (χ1v) is 10.0. The maximum Gasteiger partial charge on any atom is 0.240 e. The molecule has 3 aromatic rings. The van der Waals surface area contributed by atoms with Crippen LogP contribution in [0.3, 0.4) is 0 Å². The number of aromatic amines is 1. The van der Waals surface area contributed by atoms with E-state index in [2.05, 4.69) is 39.8 Å². The van der Waals surface area contributed by atoms with Gasteiger partial charge < -0.3 is 5.32 Å². The van der Waals surface area contributed by atoms with Crippen LogP contribution in [0.2, 0.25) is 0 Å². The van der Waals surface area contributed by atoms with Gasteiger partial charge in [0, 0.05) is 17.5 Å². The van der Waals surface area contributed by atoms with E-state index in [1.54, 1.807) is 4.57 Å². The first kappa shape index (κ1) is 18.6. The predicted octanol–water partition coefficient (Wildman–Crippen LogP) is 4.15. The van der Waals surface area contributed by atoms with Gasteiger partial charge in [-0.2, -0.15) is 5.10 Å². The van der Waals surface area contributed by atoms with Gasteiger partial charge in [0.25, 0.3) is 0 Å². The molecular weight excluding hydrogens is 368 g/mol. The third kappa shape index (κ3) is 3.64. The highest BCUT2D eigenvalue weighted by atomic mass is 32.1. The molecule has 0 spiro atoms. The number of benzene rings is 2. The van der Waals surface area contributed by atoms with Gasteiger partial charge in [-0.15, -0.1) is 0 Å². The molecule has 2 aromatic carbocycles. The Bertz CT molecular complexity index is 1030. The van der Waals surface area contributed by atoms with E-state index < -0.39 is 0 Å². The first-order valence-electron chi connectivity index (χ1n) is 9.62. The van der Waals surface area contributed by atoms with Crippen LogP contribution >= 0.6 is 12.2 Å². The molecule has 1 aliphatic rings. The van der Waals surface area contributed by atoms with Crippen molar-refractivity contribution in [2.45, 2.75) is 38.1 Å². The fourth-order valence-electron chi connectivity index (χ4n) is 3.90. The fraction of sp³-hybridized carbons (Fsp3) is 0.318. The zero-order valence-corrected chi connectivity index (χ0v) is 16.8. The van der Waals surface area contributed by atoms with Crippen molar-refractivity contribution in [3.8, 4) is 11.4 Å². The van der Waals surface area contributed by atoms with E-state index in [0.29, 0.717) is 17.1 Å². The second kappa shape index (κ2) is 7.72. The smallest absolute Gasteiger partial charge is 0.240 e. The number of rotatable bonds is 6. The van der Waals surface area contributed by atoms with Crippen LogP contribution in [0.15, 0.2) is 54.6 Å². The van der Waals surface area contributed by atoms with Crippen molar-refractivity contribution in [2.24, 2.45) is 0 Å². The molecule has 1 aliphatic carbocycles. The van der Waals surface area contributed by atoms with Crippen LogP contribution in [0.1, 0.15) is 30.4 Å². The van der Waals surface area contributed by atoms with Crippen LogP contribution in [0, 0.1) is 11.7 Å². The lowest BCUT2D eigenvalue weighted by molar-refractivity contribution is -0.122. The van der Waals surface area contributed by atoms with Crippen LogP contribution in [0.25, 0.3) is 11.4 Å². The highest BCUT2D eigenvalue weighted by molar-refractivity contribution is 7.71. The molecule has 0 saturated heterocycles. The van der Waals surface area contributed by atoms with Crippen LogP contribution in [0.4, 0.5) is 0 Å². The summed E-state index contributed by atoms with van der Waals surface area (Å²) in [6, 6.07) is 18.5. The number of carbonyl (C=O) groups excluding carboxylic acids is 1.